The molecule has 0 radical (unpaired) electrons. The summed E-state index contributed by atoms with van der Waals surface area (Å²) in [4.78, 5) is 15.0. The summed E-state index contributed by atoms with van der Waals surface area (Å²) in [7, 11) is 1.96. The highest BCUT2D eigenvalue weighted by atomic mass is 32.2. The van der Waals surface area contributed by atoms with Crippen LogP contribution in [0.2, 0.25) is 0 Å². The minimum Gasteiger partial charge on any atom is -0.313 e. The first-order valence-electron chi connectivity index (χ1n) is 9.33. The molecule has 2 aromatic rings. The van der Waals surface area contributed by atoms with Gasteiger partial charge in [-0.2, -0.15) is 0 Å². The highest BCUT2D eigenvalue weighted by molar-refractivity contribution is 7.99. The van der Waals surface area contributed by atoms with Crippen LogP contribution in [0.5, 0.6) is 0 Å². The third kappa shape index (κ3) is 3.70. The van der Waals surface area contributed by atoms with Crippen molar-refractivity contribution in [3.8, 4) is 11.4 Å². The highest BCUT2D eigenvalue weighted by Gasteiger charge is 2.35. The summed E-state index contributed by atoms with van der Waals surface area (Å²) in [5, 5.41) is 9.37. The lowest BCUT2D eigenvalue weighted by Crippen LogP contribution is -2.34. The molecule has 1 aromatic carbocycles. The van der Waals surface area contributed by atoms with Gasteiger partial charge in [0.15, 0.2) is 11.0 Å². The largest absolute Gasteiger partial charge is 0.313 e. The Morgan fingerprint density at radius 3 is 2.73 bits per heavy atom. The first kappa shape index (κ1) is 17.3. The summed E-state index contributed by atoms with van der Waals surface area (Å²) in [5.41, 5.74) is 2.28. The van der Waals surface area contributed by atoms with Crippen LogP contribution in [0.25, 0.3) is 11.4 Å². The Hall–Kier alpha value is -2.08. The van der Waals surface area contributed by atoms with Gasteiger partial charge in [-0.15, -0.1) is 10.2 Å². The van der Waals surface area contributed by atoms with E-state index < -0.39 is 0 Å². The fourth-order valence-corrected chi connectivity index (χ4v) is 4.22. The molecule has 0 saturated heterocycles. The van der Waals surface area contributed by atoms with E-state index in [1.807, 2.05) is 41.9 Å². The molecule has 0 spiro atoms. The SMILES string of the molecule is Cn1c(SCC(=O)N(C2=CCCCC2)C2CC2)nnc1-c1ccccc1. The molecule has 4 rings (SSSR count). The number of carbonyl (C=O) groups excluding carboxylic acids is 1. The van der Waals surface area contributed by atoms with Crippen molar-refractivity contribution < 1.29 is 4.79 Å². The minimum absolute atomic E-state index is 0.204. The molecule has 1 heterocycles. The number of aromatic nitrogens is 3. The predicted molar refractivity (Wildman–Crippen MR) is 104 cm³/mol. The number of amides is 1. The zero-order chi connectivity index (χ0) is 17.9. The molecule has 5 nitrogen and oxygen atoms in total. The van der Waals surface area contributed by atoms with Crippen molar-refractivity contribution in [2.24, 2.45) is 7.05 Å². The zero-order valence-corrected chi connectivity index (χ0v) is 15.9. The van der Waals surface area contributed by atoms with E-state index in [2.05, 4.69) is 21.2 Å². The van der Waals surface area contributed by atoms with E-state index in [0.717, 1.165) is 42.2 Å². The normalized spacial score (nSPS) is 17.0. The third-order valence-corrected chi connectivity index (χ3v) is 5.95. The lowest BCUT2D eigenvalue weighted by molar-refractivity contribution is -0.127. The predicted octanol–water partition coefficient (Wildman–Crippen LogP) is 4.02. The topological polar surface area (TPSA) is 51.0 Å². The first-order chi connectivity index (χ1) is 12.7. The van der Waals surface area contributed by atoms with Crippen LogP contribution in [-0.4, -0.2) is 37.4 Å². The highest BCUT2D eigenvalue weighted by Crippen LogP contribution is 2.34. The minimum atomic E-state index is 0.204. The maximum absolute atomic E-state index is 12.9. The van der Waals surface area contributed by atoms with Crippen molar-refractivity contribution in [3.63, 3.8) is 0 Å². The number of rotatable bonds is 6. The molecule has 0 unspecified atom stereocenters. The van der Waals surface area contributed by atoms with E-state index in [9.17, 15) is 4.79 Å². The van der Waals surface area contributed by atoms with Crippen LogP contribution in [0.3, 0.4) is 0 Å². The van der Waals surface area contributed by atoms with Crippen LogP contribution in [0.15, 0.2) is 47.3 Å². The van der Waals surface area contributed by atoms with Crippen LogP contribution in [0.1, 0.15) is 38.5 Å². The monoisotopic (exact) mass is 368 g/mol. The summed E-state index contributed by atoms with van der Waals surface area (Å²) in [6.45, 7) is 0. The Labute approximate surface area is 158 Å². The van der Waals surface area contributed by atoms with Crippen molar-refractivity contribution in [1.29, 1.82) is 0 Å². The van der Waals surface area contributed by atoms with Gasteiger partial charge in [-0.25, -0.2) is 0 Å². The second kappa shape index (κ2) is 7.66. The van der Waals surface area contributed by atoms with Gasteiger partial charge in [0.05, 0.1) is 5.75 Å². The van der Waals surface area contributed by atoms with E-state index in [4.69, 9.17) is 0 Å². The Kier molecular flexibility index (Phi) is 5.11. The van der Waals surface area contributed by atoms with Gasteiger partial charge in [0.2, 0.25) is 5.91 Å². The molecule has 136 valence electrons. The molecule has 26 heavy (non-hydrogen) atoms. The third-order valence-electron chi connectivity index (χ3n) is 4.95. The standard InChI is InChI=1S/C20H24N4OS/c1-23-19(15-8-4-2-5-9-15)21-22-20(23)26-14-18(25)24(17-12-13-17)16-10-6-3-7-11-16/h2,4-5,8-10,17H,3,6-7,11-14H2,1H3. The van der Waals surface area contributed by atoms with Crippen LogP contribution >= 0.6 is 11.8 Å². The van der Waals surface area contributed by atoms with Gasteiger partial charge in [0.25, 0.3) is 0 Å². The molecule has 6 heteroatoms. The Morgan fingerprint density at radius 2 is 2.04 bits per heavy atom. The van der Waals surface area contributed by atoms with Crippen LogP contribution in [0.4, 0.5) is 0 Å². The average molecular weight is 369 g/mol. The number of hydrogen-bond acceptors (Lipinski definition) is 4. The Bertz CT molecular complexity index is 810. The van der Waals surface area contributed by atoms with Gasteiger partial charge in [0.1, 0.15) is 0 Å². The lowest BCUT2D eigenvalue weighted by atomic mass is 10.0. The maximum atomic E-state index is 12.9. The van der Waals surface area contributed by atoms with Crippen LogP contribution in [0, 0.1) is 0 Å². The first-order valence-corrected chi connectivity index (χ1v) is 10.3. The fraction of sp³-hybridized carbons (Fsp3) is 0.450. The Morgan fingerprint density at radius 1 is 1.23 bits per heavy atom. The molecular formula is C20H24N4OS. The van der Waals surface area contributed by atoms with E-state index in [1.165, 1.54) is 30.3 Å². The second-order valence-electron chi connectivity index (χ2n) is 6.96. The molecule has 1 fully saturated rings. The van der Waals surface area contributed by atoms with Crippen LogP contribution in [-0.2, 0) is 11.8 Å². The summed E-state index contributed by atoms with van der Waals surface area (Å²) < 4.78 is 1.97. The van der Waals surface area contributed by atoms with E-state index >= 15 is 0 Å². The van der Waals surface area contributed by atoms with Crippen LogP contribution < -0.4 is 0 Å². The summed E-state index contributed by atoms with van der Waals surface area (Å²) in [6, 6.07) is 10.4. The quantitative estimate of drug-likeness (QED) is 0.723. The van der Waals surface area contributed by atoms with Crippen molar-refractivity contribution in [2.75, 3.05) is 5.75 Å². The van der Waals surface area contributed by atoms with Gasteiger partial charge in [-0.05, 0) is 38.5 Å². The van der Waals surface area contributed by atoms with Gasteiger partial charge in [0, 0.05) is 24.4 Å². The van der Waals surface area contributed by atoms with Crippen molar-refractivity contribution in [1.82, 2.24) is 19.7 Å². The number of hydrogen-bond donors (Lipinski definition) is 0. The molecule has 1 aromatic heterocycles. The van der Waals surface area contributed by atoms with Gasteiger partial charge in [-0.3, -0.25) is 4.79 Å². The Balaban J connectivity index is 1.44. The second-order valence-corrected chi connectivity index (χ2v) is 7.90. The van der Waals surface area contributed by atoms with Gasteiger partial charge < -0.3 is 9.47 Å². The van der Waals surface area contributed by atoms with Crippen molar-refractivity contribution in [3.05, 3.63) is 42.1 Å². The summed E-state index contributed by atoms with van der Waals surface area (Å²) in [6.07, 6.45) is 9.11. The van der Waals surface area contributed by atoms with E-state index in [1.54, 1.807) is 0 Å². The molecule has 0 bridgehead atoms. The zero-order valence-electron chi connectivity index (χ0n) is 15.1. The molecule has 1 amide bonds. The summed E-state index contributed by atoms with van der Waals surface area (Å²) >= 11 is 1.48. The molecule has 1 saturated carbocycles. The molecule has 2 aliphatic rings. The smallest absolute Gasteiger partial charge is 0.237 e. The van der Waals surface area contributed by atoms with E-state index in [-0.39, 0.29) is 5.91 Å². The fourth-order valence-electron chi connectivity index (χ4n) is 3.45. The van der Waals surface area contributed by atoms with Gasteiger partial charge >= 0.3 is 0 Å². The summed E-state index contributed by atoms with van der Waals surface area (Å²) in [5.74, 6) is 1.44. The van der Waals surface area contributed by atoms with E-state index in [0.29, 0.717) is 11.8 Å². The van der Waals surface area contributed by atoms with Crippen molar-refractivity contribution >= 4 is 17.7 Å². The number of benzene rings is 1. The van der Waals surface area contributed by atoms with Gasteiger partial charge in [-0.1, -0.05) is 48.2 Å². The molecule has 0 atom stereocenters. The molecule has 0 aliphatic heterocycles. The average Bonchev–Trinajstić information content (AvgIpc) is 3.44. The number of thioether (sulfide) groups is 1. The molecular weight excluding hydrogens is 344 g/mol. The number of carbonyl (C=O) groups is 1. The maximum Gasteiger partial charge on any atom is 0.237 e. The van der Waals surface area contributed by atoms with Crippen molar-refractivity contribution in [2.45, 2.75) is 49.7 Å². The number of allylic oxidation sites excluding steroid dienone is 2. The lowest BCUT2D eigenvalue weighted by Gasteiger charge is -2.27. The number of nitrogens with zero attached hydrogens (tertiary/aromatic N) is 4. The molecule has 0 N–H and O–H groups in total. The molecule has 2 aliphatic carbocycles.